The summed E-state index contributed by atoms with van der Waals surface area (Å²) in [5, 5.41) is 9.40. The highest BCUT2D eigenvalue weighted by atomic mass is 16.5. The first kappa shape index (κ1) is 16.2. The van der Waals surface area contributed by atoms with Crippen LogP contribution in [0.25, 0.3) is 0 Å². The van der Waals surface area contributed by atoms with E-state index in [-0.39, 0.29) is 41.0 Å². The van der Waals surface area contributed by atoms with Crippen molar-refractivity contribution >= 4 is 11.6 Å². The first-order chi connectivity index (χ1) is 12.0. The Hall–Kier alpha value is -1.00. The minimum absolute atomic E-state index is 0.0318. The largest absolute Gasteiger partial charge is 0.389 e. The van der Waals surface area contributed by atoms with Crippen molar-refractivity contribution in [2.45, 2.75) is 58.0 Å². The number of fused-ring (bicyclic) bond motifs is 3. The minimum atomic E-state index is -0.314. The molecule has 3 saturated carbocycles. The Bertz CT molecular complexity index is 667. The SMILES string of the molecule is C[C@]12CCC3C(CC4OC[C@@]35CCC(=O)C=C45)C1CC[C@@H]2C(=O)CO. The summed E-state index contributed by atoms with van der Waals surface area (Å²) in [6.45, 7) is 2.78. The quantitative estimate of drug-likeness (QED) is 0.836. The fourth-order valence-electron chi connectivity index (χ4n) is 7.68. The Labute approximate surface area is 149 Å². The van der Waals surface area contributed by atoms with Gasteiger partial charge >= 0.3 is 0 Å². The molecule has 5 rings (SSSR count). The van der Waals surface area contributed by atoms with E-state index in [1.54, 1.807) is 0 Å². The van der Waals surface area contributed by atoms with Gasteiger partial charge in [-0.25, -0.2) is 0 Å². The molecule has 1 N–H and O–H groups in total. The summed E-state index contributed by atoms with van der Waals surface area (Å²) in [7, 11) is 0. The van der Waals surface area contributed by atoms with Crippen LogP contribution in [0, 0.1) is 34.5 Å². The Morgan fingerprint density at radius 3 is 2.92 bits per heavy atom. The minimum Gasteiger partial charge on any atom is -0.389 e. The number of carbonyl (C=O) groups is 2. The summed E-state index contributed by atoms with van der Waals surface area (Å²) in [5.41, 5.74) is 1.44. The van der Waals surface area contributed by atoms with Crippen LogP contribution in [-0.2, 0) is 14.3 Å². The van der Waals surface area contributed by atoms with Crippen LogP contribution in [0.1, 0.15) is 51.9 Å². The number of hydrogen-bond acceptors (Lipinski definition) is 4. The zero-order valence-corrected chi connectivity index (χ0v) is 15.0. The number of ether oxygens (including phenoxy) is 1. The van der Waals surface area contributed by atoms with Crippen LogP contribution in [0.4, 0.5) is 0 Å². The van der Waals surface area contributed by atoms with Crippen LogP contribution in [0.5, 0.6) is 0 Å². The van der Waals surface area contributed by atoms with Crippen LogP contribution in [0.15, 0.2) is 11.6 Å². The number of rotatable bonds is 2. The van der Waals surface area contributed by atoms with Gasteiger partial charge in [0.25, 0.3) is 0 Å². The van der Waals surface area contributed by atoms with Crippen LogP contribution >= 0.6 is 0 Å². The molecule has 0 amide bonds. The summed E-state index contributed by atoms with van der Waals surface area (Å²) in [5.74, 6) is 2.12. The average molecular weight is 344 g/mol. The van der Waals surface area contributed by atoms with E-state index in [1.165, 1.54) is 5.57 Å². The normalized spacial score (nSPS) is 50.7. The van der Waals surface area contributed by atoms with Crippen molar-refractivity contribution in [2.24, 2.45) is 34.5 Å². The van der Waals surface area contributed by atoms with E-state index in [2.05, 4.69) is 6.92 Å². The molecule has 0 radical (unpaired) electrons. The standard InChI is InChI=1S/C21H28O4/c1-20-6-5-15-13(14(20)2-3-16(20)18(24)10-22)9-19-17-8-12(23)4-7-21(15,17)11-25-19/h8,13-16,19,22H,2-7,9-11H2,1H3/t13?,14?,15?,16-,19?,20+,21+/m1/s1. The third kappa shape index (κ3) is 1.96. The van der Waals surface area contributed by atoms with Crippen LogP contribution < -0.4 is 0 Å². The number of ketones is 2. The van der Waals surface area contributed by atoms with E-state index in [0.29, 0.717) is 24.2 Å². The maximum absolute atomic E-state index is 12.3. The van der Waals surface area contributed by atoms with E-state index >= 15 is 0 Å². The second kappa shape index (κ2) is 5.26. The van der Waals surface area contributed by atoms with Gasteiger partial charge in [0.2, 0.25) is 0 Å². The first-order valence-corrected chi connectivity index (χ1v) is 10.00. The number of aliphatic hydroxyl groups is 1. The molecule has 1 saturated heterocycles. The molecule has 0 aromatic rings. The number of Topliss-reactive ketones (excluding diaryl/α,β-unsaturated/α-hetero) is 1. The molecule has 25 heavy (non-hydrogen) atoms. The smallest absolute Gasteiger partial charge is 0.161 e. The van der Waals surface area contributed by atoms with Crippen LogP contribution in [0.2, 0.25) is 0 Å². The number of carbonyl (C=O) groups excluding carboxylic acids is 2. The molecule has 7 atom stereocenters. The molecule has 136 valence electrons. The van der Waals surface area contributed by atoms with Crippen molar-refractivity contribution in [1.82, 2.24) is 0 Å². The molecule has 5 aliphatic rings. The maximum atomic E-state index is 12.3. The molecule has 1 aliphatic heterocycles. The van der Waals surface area contributed by atoms with Crippen molar-refractivity contribution in [3.05, 3.63) is 11.6 Å². The number of hydrogen-bond donors (Lipinski definition) is 1. The molecular weight excluding hydrogens is 316 g/mol. The predicted octanol–water partition coefficient (Wildman–Crippen LogP) is 2.68. The van der Waals surface area contributed by atoms with Gasteiger partial charge in [-0.05, 0) is 73.3 Å². The average Bonchev–Trinajstić information content (AvgIpc) is 3.08. The monoisotopic (exact) mass is 344 g/mol. The molecule has 0 aromatic carbocycles. The Morgan fingerprint density at radius 1 is 1.28 bits per heavy atom. The molecule has 0 aromatic heterocycles. The third-order valence-corrected chi connectivity index (χ3v) is 8.78. The van der Waals surface area contributed by atoms with Gasteiger partial charge in [0.05, 0.1) is 12.7 Å². The van der Waals surface area contributed by atoms with Crippen molar-refractivity contribution in [2.75, 3.05) is 13.2 Å². The molecule has 1 heterocycles. The highest BCUT2D eigenvalue weighted by Crippen LogP contribution is 2.68. The van der Waals surface area contributed by atoms with Gasteiger partial charge in [-0.2, -0.15) is 0 Å². The zero-order valence-electron chi connectivity index (χ0n) is 15.0. The van der Waals surface area contributed by atoms with Gasteiger partial charge in [0.1, 0.15) is 6.61 Å². The van der Waals surface area contributed by atoms with Crippen molar-refractivity contribution in [3.8, 4) is 0 Å². The lowest BCUT2D eigenvalue weighted by Crippen LogP contribution is -2.53. The topological polar surface area (TPSA) is 63.6 Å². The summed E-state index contributed by atoms with van der Waals surface area (Å²) in [6.07, 6.45) is 8.92. The Balaban J connectivity index is 1.51. The molecule has 4 aliphatic carbocycles. The van der Waals surface area contributed by atoms with E-state index in [0.717, 1.165) is 45.1 Å². The Kier molecular flexibility index (Phi) is 3.41. The first-order valence-electron chi connectivity index (χ1n) is 10.00. The molecule has 0 spiro atoms. The van der Waals surface area contributed by atoms with Crippen LogP contribution in [0.3, 0.4) is 0 Å². The molecule has 2 bridgehead atoms. The van der Waals surface area contributed by atoms with E-state index in [4.69, 9.17) is 4.74 Å². The van der Waals surface area contributed by atoms with E-state index < -0.39 is 0 Å². The lowest BCUT2D eigenvalue weighted by Gasteiger charge is -2.56. The number of aliphatic hydroxyl groups excluding tert-OH is 1. The molecule has 4 unspecified atom stereocenters. The summed E-state index contributed by atoms with van der Waals surface area (Å²) < 4.78 is 6.20. The molecule has 4 fully saturated rings. The van der Waals surface area contributed by atoms with E-state index in [9.17, 15) is 14.7 Å². The van der Waals surface area contributed by atoms with Gasteiger partial charge in [-0.15, -0.1) is 0 Å². The third-order valence-electron chi connectivity index (χ3n) is 8.78. The maximum Gasteiger partial charge on any atom is 0.161 e. The summed E-state index contributed by atoms with van der Waals surface area (Å²) >= 11 is 0. The van der Waals surface area contributed by atoms with Gasteiger partial charge in [-0.3, -0.25) is 9.59 Å². The van der Waals surface area contributed by atoms with Crippen molar-refractivity contribution in [1.29, 1.82) is 0 Å². The summed E-state index contributed by atoms with van der Waals surface area (Å²) in [4.78, 5) is 24.3. The lowest BCUT2D eigenvalue weighted by atomic mass is 9.46. The highest BCUT2D eigenvalue weighted by Gasteiger charge is 2.64. The molecular formula is C21H28O4. The van der Waals surface area contributed by atoms with E-state index in [1.807, 2.05) is 6.08 Å². The fourth-order valence-corrected chi connectivity index (χ4v) is 7.68. The molecule has 4 nitrogen and oxygen atoms in total. The second-order valence-electron chi connectivity index (χ2n) is 9.43. The van der Waals surface area contributed by atoms with Gasteiger partial charge < -0.3 is 9.84 Å². The van der Waals surface area contributed by atoms with Crippen LogP contribution in [-0.4, -0.2) is 36.0 Å². The van der Waals surface area contributed by atoms with Gasteiger partial charge in [0.15, 0.2) is 11.6 Å². The highest BCUT2D eigenvalue weighted by molar-refractivity contribution is 5.92. The zero-order chi connectivity index (χ0) is 17.4. The van der Waals surface area contributed by atoms with Crippen molar-refractivity contribution in [3.63, 3.8) is 0 Å². The molecule has 4 heteroatoms. The fraction of sp³-hybridized carbons (Fsp3) is 0.810. The summed E-state index contributed by atoms with van der Waals surface area (Å²) in [6, 6.07) is 0. The van der Waals surface area contributed by atoms with Gasteiger partial charge in [0, 0.05) is 17.8 Å². The van der Waals surface area contributed by atoms with Gasteiger partial charge in [-0.1, -0.05) is 6.92 Å². The predicted molar refractivity (Wildman–Crippen MR) is 91.7 cm³/mol. The van der Waals surface area contributed by atoms with Crippen molar-refractivity contribution < 1.29 is 19.4 Å². The Morgan fingerprint density at radius 2 is 2.12 bits per heavy atom. The lowest BCUT2D eigenvalue weighted by molar-refractivity contribution is -0.132. The second-order valence-corrected chi connectivity index (χ2v) is 9.43.